The molecule has 196 valence electrons. The highest BCUT2D eigenvalue weighted by atomic mass is 32.2. The summed E-state index contributed by atoms with van der Waals surface area (Å²) >= 11 is 0. The first-order chi connectivity index (χ1) is 18.5. The maximum atomic E-state index is 13.6. The van der Waals surface area contributed by atoms with Crippen LogP contribution in [0.3, 0.4) is 0 Å². The Morgan fingerprint density at radius 2 is 1.55 bits per heavy atom. The molecule has 0 aliphatic carbocycles. The molecule has 1 aromatic heterocycles. The molecule has 5 rings (SSSR count). The van der Waals surface area contributed by atoms with Gasteiger partial charge >= 0.3 is 0 Å². The highest BCUT2D eigenvalue weighted by Gasteiger charge is 2.29. The molecule has 8 nitrogen and oxygen atoms in total. The largest absolute Gasteiger partial charge is 0.497 e. The molecular formula is C29H30N4O4S. The van der Waals surface area contributed by atoms with Crippen molar-refractivity contribution in [3.05, 3.63) is 84.6 Å². The molecule has 0 N–H and O–H groups in total. The van der Waals surface area contributed by atoms with Crippen LogP contribution in [0.15, 0.2) is 88.9 Å². The summed E-state index contributed by atoms with van der Waals surface area (Å²) in [6, 6.07) is 22.4. The number of aliphatic imine (C=N–C) groups is 1. The number of aromatic nitrogens is 2. The molecule has 4 aromatic rings. The molecule has 0 bridgehead atoms. The van der Waals surface area contributed by atoms with Crippen molar-refractivity contribution in [1.82, 2.24) is 14.1 Å². The van der Waals surface area contributed by atoms with E-state index in [4.69, 9.17) is 14.6 Å². The number of sulfonamides is 1. The summed E-state index contributed by atoms with van der Waals surface area (Å²) in [5, 5.41) is 4.83. The lowest BCUT2D eigenvalue weighted by Crippen LogP contribution is -2.35. The van der Waals surface area contributed by atoms with Gasteiger partial charge in [0, 0.05) is 42.7 Å². The SMILES string of the molecule is COc1ccc(-c2nn(-c3ccccc3)cc2C=Nc2ccc(OC)cc2S(=O)(=O)N2CCCCC2)cc1. The maximum Gasteiger partial charge on any atom is 0.245 e. The van der Waals surface area contributed by atoms with Gasteiger partial charge in [0.2, 0.25) is 10.0 Å². The summed E-state index contributed by atoms with van der Waals surface area (Å²) in [6.45, 7) is 1.02. The van der Waals surface area contributed by atoms with Crippen LogP contribution in [0.5, 0.6) is 11.5 Å². The molecule has 2 heterocycles. The molecule has 0 atom stereocenters. The summed E-state index contributed by atoms with van der Waals surface area (Å²) in [5.74, 6) is 1.22. The van der Waals surface area contributed by atoms with Gasteiger partial charge in [-0.25, -0.2) is 13.1 Å². The van der Waals surface area contributed by atoms with Gasteiger partial charge in [-0.1, -0.05) is 24.6 Å². The number of rotatable bonds is 8. The molecule has 0 radical (unpaired) electrons. The number of piperidine rings is 1. The summed E-state index contributed by atoms with van der Waals surface area (Å²) in [6.07, 6.45) is 6.30. The lowest BCUT2D eigenvalue weighted by Gasteiger charge is -2.26. The molecule has 1 fully saturated rings. The number of hydrogen-bond acceptors (Lipinski definition) is 6. The zero-order valence-corrected chi connectivity index (χ0v) is 22.3. The smallest absolute Gasteiger partial charge is 0.245 e. The fraction of sp³-hybridized carbons (Fsp3) is 0.241. The minimum Gasteiger partial charge on any atom is -0.497 e. The van der Waals surface area contributed by atoms with Crippen LogP contribution >= 0.6 is 0 Å². The van der Waals surface area contributed by atoms with E-state index < -0.39 is 10.0 Å². The van der Waals surface area contributed by atoms with Gasteiger partial charge in [-0.05, 0) is 61.4 Å². The van der Waals surface area contributed by atoms with Crippen molar-refractivity contribution in [1.29, 1.82) is 0 Å². The Hall–Kier alpha value is -3.95. The monoisotopic (exact) mass is 530 g/mol. The number of methoxy groups -OCH3 is 2. The van der Waals surface area contributed by atoms with E-state index in [0.29, 0.717) is 30.2 Å². The summed E-state index contributed by atoms with van der Waals surface area (Å²) in [7, 11) is -0.583. The fourth-order valence-electron chi connectivity index (χ4n) is 4.49. The van der Waals surface area contributed by atoms with Crippen LogP contribution in [0.4, 0.5) is 5.69 Å². The molecule has 9 heteroatoms. The summed E-state index contributed by atoms with van der Waals surface area (Å²) < 4.78 is 41.2. The van der Waals surface area contributed by atoms with Crippen molar-refractivity contribution in [3.63, 3.8) is 0 Å². The minimum absolute atomic E-state index is 0.136. The molecule has 0 amide bonds. The Kier molecular flexibility index (Phi) is 7.57. The number of benzene rings is 3. The standard InChI is InChI=1S/C29H30N4O4S/c1-36-25-13-11-22(12-14-25)29-23(21-33(31-29)24-9-5-3-6-10-24)20-30-27-16-15-26(37-2)19-28(27)38(34,35)32-17-7-4-8-18-32/h3,5-6,9-16,19-21H,4,7-8,17-18H2,1-2H3. The van der Waals surface area contributed by atoms with Gasteiger partial charge in [-0.3, -0.25) is 4.99 Å². The average Bonchev–Trinajstić information content (AvgIpc) is 3.41. The molecule has 0 unspecified atom stereocenters. The van der Waals surface area contributed by atoms with E-state index >= 15 is 0 Å². The Labute approximate surface area is 223 Å². The van der Waals surface area contributed by atoms with Crippen LogP contribution in [-0.2, 0) is 10.0 Å². The van der Waals surface area contributed by atoms with Gasteiger partial charge in [0.25, 0.3) is 0 Å². The average molecular weight is 531 g/mol. The number of hydrogen-bond donors (Lipinski definition) is 0. The lowest BCUT2D eigenvalue weighted by atomic mass is 10.1. The van der Waals surface area contributed by atoms with E-state index in [9.17, 15) is 8.42 Å². The predicted molar refractivity (Wildman–Crippen MR) is 148 cm³/mol. The third kappa shape index (κ3) is 5.34. The Balaban J connectivity index is 1.58. The lowest BCUT2D eigenvalue weighted by molar-refractivity contribution is 0.346. The molecule has 1 saturated heterocycles. The number of ether oxygens (including phenoxy) is 2. The van der Waals surface area contributed by atoms with Crippen molar-refractivity contribution in [2.75, 3.05) is 27.3 Å². The van der Waals surface area contributed by atoms with Crippen LogP contribution in [-0.4, -0.2) is 56.0 Å². The van der Waals surface area contributed by atoms with E-state index in [1.54, 1.807) is 40.5 Å². The highest BCUT2D eigenvalue weighted by molar-refractivity contribution is 7.89. The molecule has 0 saturated carbocycles. The number of para-hydroxylation sites is 1. The van der Waals surface area contributed by atoms with Crippen LogP contribution in [0.2, 0.25) is 0 Å². The first kappa shape index (κ1) is 25.7. The van der Waals surface area contributed by atoms with Gasteiger partial charge in [0.1, 0.15) is 22.1 Å². The van der Waals surface area contributed by atoms with E-state index in [2.05, 4.69) is 4.99 Å². The molecule has 0 spiro atoms. The van der Waals surface area contributed by atoms with Gasteiger partial charge in [-0.15, -0.1) is 0 Å². The quantitative estimate of drug-likeness (QED) is 0.282. The topological polar surface area (TPSA) is 86.0 Å². The van der Waals surface area contributed by atoms with Crippen LogP contribution in [0.25, 0.3) is 16.9 Å². The van der Waals surface area contributed by atoms with Crippen molar-refractivity contribution in [2.45, 2.75) is 24.2 Å². The van der Waals surface area contributed by atoms with E-state index in [0.717, 1.165) is 41.8 Å². The molecular weight excluding hydrogens is 500 g/mol. The Morgan fingerprint density at radius 1 is 0.868 bits per heavy atom. The normalized spacial score (nSPS) is 14.6. The van der Waals surface area contributed by atoms with Gasteiger partial charge < -0.3 is 9.47 Å². The first-order valence-corrected chi connectivity index (χ1v) is 14.0. The van der Waals surface area contributed by atoms with E-state index in [1.165, 1.54) is 7.11 Å². The van der Waals surface area contributed by atoms with Crippen LogP contribution in [0.1, 0.15) is 24.8 Å². The zero-order chi connectivity index (χ0) is 26.5. The zero-order valence-electron chi connectivity index (χ0n) is 21.4. The highest BCUT2D eigenvalue weighted by Crippen LogP contribution is 2.33. The van der Waals surface area contributed by atoms with Gasteiger partial charge in [-0.2, -0.15) is 9.40 Å². The summed E-state index contributed by atoms with van der Waals surface area (Å²) in [5.41, 5.74) is 3.60. The number of nitrogens with zero attached hydrogens (tertiary/aromatic N) is 4. The molecule has 1 aliphatic rings. The second kappa shape index (κ2) is 11.2. The predicted octanol–water partition coefficient (Wildman–Crippen LogP) is 5.48. The van der Waals surface area contributed by atoms with E-state index in [1.807, 2.05) is 60.8 Å². The van der Waals surface area contributed by atoms with Crippen LogP contribution in [0, 0.1) is 0 Å². The van der Waals surface area contributed by atoms with Gasteiger partial charge in [0.15, 0.2) is 0 Å². The van der Waals surface area contributed by atoms with E-state index in [-0.39, 0.29) is 4.90 Å². The minimum atomic E-state index is -3.73. The first-order valence-electron chi connectivity index (χ1n) is 12.5. The molecule has 1 aliphatic heterocycles. The fourth-order valence-corrected chi connectivity index (χ4v) is 6.15. The van der Waals surface area contributed by atoms with Crippen molar-refractivity contribution >= 4 is 21.9 Å². The second-order valence-electron chi connectivity index (χ2n) is 9.00. The second-order valence-corrected chi connectivity index (χ2v) is 10.9. The maximum absolute atomic E-state index is 13.6. The molecule has 38 heavy (non-hydrogen) atoms. The summed E-state index contributed by atoms with van der Waals surface area (Å²) in [4.78, 5) is 4.81. The third-order valence-corrected chi connectivity index (χ3v) is 8.50. The molecule has 3 aromatic carbocycles. The van der Waals surface area contributed by atoms with Crippen molar-refractivity contribution in [2.24, 2.45) is 4.99 Å². The Bertz CT molecular complexity index is 1520. The third-order valence-electron chi connectivity index (χ3n) is 6.57. The van der Waals surface area contributed by atoms with Crippen molar-refractivity contribution < 1.29 is 17.9 Å². The van der Waals surface area contributed by atoms with Crippen molar-refractivity contribution in [3.8, 4) is 28.4 Å². The van der Waals surface area contributed by atoms with Gasteiger partial charge in [0.05, 0.1) is 25.6 Å². The van der Waals surface area contributed by atoms with Crippen LogP contribution < -0.4 is 9.47 Å². The Morgan fingerprint density at radius 3 is 2.24 bits per heavy atom.